The van der Waals surface area contributed by atoms with Gasteiger partial charge >= 0.3 is 0 Å². The Balaban J connectivity index is 0. The van der Waals surface area contributed by atoms with Crippen molar-refractivity contribution in [2.75, 3.05) is 113 Å². The molecule has 0 rings (SSSR count). The molecule has 0 spiro atoms. The predicted octanol–water partition coefficient (Wildman–Crippen LogP) is -1.32. The highest BCUT2D eigenvalue weighted by Gasteiger charge is 1.91. The maximum Gasteiger partial charge on any atom is 0.118 e. The molecule has 0 aromatic rings. The van der Waals surface area contributed by atoms with Crippen LogP contribution in [0.3, 0.4) is 0 Å². The zero-order chi connectivity index (χ0) is 22.4. The van der Waals surface area contributed by atoms with E-state index in [2.05, 4.69) is 16.8 Å². The van der Waals surface area contributed by atoms with Crippen molar-refractivity contribution < 1.29 is 35.7 Å². The number of halogens is 1. The average Bonchev–Trinajstić information content (AvgIpc) is 2.76. The molecule has 0 amide bonds. The van der Waals surface area contributed by atoms with E-state index in [4.69, 9.17) is 31.2 Å². The van der Waals surface area contributed by atoms with E-state index in [0.29, 0.717) is 92.4 Å². The van der Waals surface area contributed by atoms with Crippen molar-refractivity contribution in [3.63, 3.8) is 0 Å². The highest BCUT2D eigenvalue weighted by Crippen LogP contribution is 1.81. The minimum atomic E-state index is 0.198. The third-order valence-electron chi connectivity index (χ3n) is 2.82. The second-order valence-electron chi connectivity index (χ2n) is 5.16. The summed E-state index contributed by atoms with van der Waals surface area (Å²) < 4.78 is 55.6. The Morgan fingerprint density at radius 1 is 0.607 bits per heavy atom. The fourth-order valence-corrected chi connectivity index (χ4v) is 1.51. The van der Waals surface area contributed by atoms with Gasteiger partial charge < -0.3 is 45.2 Å². The van der Waals surface area contributed by atoms with Crippen molar-refractivity contribution in [2.24, 2.45) is 11.5 Å². The zero-order valence-corrected chi connectivity index (χ0v) is 17.1. The molecule has 0 aromatic heterocycles. The van der Waals surface area contributed by atoms with Crippen LogP contribution in [0.15, 0.2) is 0 Å². The fourth-order valence-electron chi connectivity index (χ4n) is 1.51. The van der Waals surface area contributed by atoms with E-state index in [9.17, 15) is 4.48 Å². The molecule has 0 aromatic carbocycles. The molecule has 0 radical (unpaired) electrons. The first-order chi connectivity index (χ1) is 14.8. The molecular weight excluding hydrogens is 375 g/mol. The predicted molar refractivity (Wildman–Crippen MR) is 106 cm³/mol. The summed E-state index contributed by atoms with van der Waals surface area (Å²) in [6.07, 6.45) is 0. The van der Waals surface area contributed by atoms with E-state index in [0.717, 1.165) is 6.54 Å². The van der Waals surface area contributed by atoms with Gasteiger partial charge in [0.1, 0.15) is 2.82 Å². The number of hydrogen-bond acceptors (Lipinski definition) is 10. The Morgan fingerprint density at radius 2 is 0.964 bits per heavy atom. The van der Waals surface area contributed by atoms with Crippen molar-refractivity contribution in [3.8, 4) is 0 Å². The van der Waals surface area contributed by atoms with Crippen LogP contribution < -0.4 is 22.3 Å². The largest absolute Gasteiger partial charge is 0.378 e. The second-order valence-corrected chi connectivity index (χ2v) is 5.16. The van der Waals surface area contributed by atoms with E-state index in [1.165, 1.54) is 5.54 Å². The molecule has 0 saturated carbocycles. The number of nitrogens with two attached hydrogens (primary N) is 2. The fraction of sp³-hybridized carbons (Fsp3) is 1.00. The lowest BCUT2D eigenvalue weighted by Gasteiger charge is -2.05. The highest BCUT2D eigenvalue weighted by molar-refractivity contribution is 4.38. The lowest BCUT2D eigenvalue weighted by Crippen LogP contribution is -2.17. The molecule has 0 atom stereocenters. The molecular formula is C17H41FN4O6. The van der Waals surface area contributed by atoms with Crippen LogP contribution in [0, 0.1) is 0 Å². The molecule has 0 heterocycles. The topological polar surface area (TPSA) is 131 Å². The Bertz CT molecular complexity index is 247. The standard InChI is InChI=1S/C9H22N2O3.C8H19FN2O3/c1-11-3-5-13-7-9-14-8-6-12-4-2-10;9-11-2-4-13-6-8-14-7-5-12-3-1-10/h11H,2-10H2,1H3;11H,1-8,10H2/i/hT2. The summed E-state index contributed by atoms with van der Waals surface area (Å²) in [5, 5.41) is 2.99. The van der Waals surface area contributed by atoms with Gasteiger partial charge in [-0.2, -0.15) is 5.54 Å². The van der Waals surface area contributed by atoms with Crippen LogP contribution in [0.4, 0.5) is 4.48 Å². The summed E-state index contributed by atoms with van der Waals surface area (Å²) in [6.45, 7) is 8.54. The van der Waals surface area contributed by atoms with Gasteiger partial charge in [0.15, 0.2) is 0 Å². The maximum absolute atomic E-state index is 11.4. The summed E-state index contributed by atoms with van der Waals surface area (Å²) in [5.74, 6) is 0. The summed E-state index contributed by atoms with van der Waals surface area (Å²) in [5.41, 5.74) is 5.97. The van der Waals surface area contributed by atoms with Gasteiger partial charge in [-0.25, -0.2) is 0 Å². The Hall–Kier alpha value is -0.470. The molecule has 6 N–H and O–H groups in total. The van der Waals surface area contributed by atoms with E-state index >= 15 is 0 Å². The number of ether oxygens (including phenoxy) is 6. The van der Waals surface area contributed by atoms with Crippen molar-refractivity contribution in [1.29, 1.82) is 0 Å². The Morgan fingerprint density at radius 3 is 1.32 bits per heavy atom. The molecule has 0 aliphatic rings. The van der Waals surface area contributed by atoms with E-state index in [1.807, 2.05) is 7.05 Å². The summed E-state index contributed by atoms with van der Waals surface area (Å²) >= 11 is 0. The average molecular weight is 421 g/mol. The molecule has 0 aliphatic carbocycles. The van der Waals surface area contributed by atoms with Crippen molar-refractivity contribution in [1.82, 2.24) is 10.9 Å². The molecule has 11 heteroatoms. The van der Waals surface area contributed by atoms with Crippen LogP contribution in [0.1, 0.15) is 0 Å². The lowest BCUT2D eigenvalue weighted by atomic mass is 10.6. The van der Waals surface area contributed by atoms with Gasteiger partial charge in [0, 0.05) is 26.2 Å². The summed E-state index contributed by atoms with van der Waals surface area (Å²) in [7, 11) is 1.89. The van der Waals surface area contributed by atoms with Crippen LogP contribution in [0.5, 0.6) is 0 Å². The SMILES string of the molecule is [3H]NCCOCCOCCOCCNC.[3H]NCCOCCOCCOCCNF. The molecule has 172 valence electrons. The van der Waals surface area contributed by atoms with Gasteiger partial charge in [-0.1, -0.05) is 0 Å². The molecule has 10 nitrogen and oxygen atoms in total. The highest BCUT2D eigenvalue weighted by atomic mass is 19.2. The zero-order valence-electron chi connectivity index (χ0n) is 19.1. The monoisotopic (exact) mass is 420 g/mol. The minimum absolute atomic E-state index is 0.198. The summed E-state index contributed by atoms with van der Waals surface area (Å²) in [6, 6.07) is 0. The normalized spacial score (nSPS) is 11.6. The van der Waals surface area contributed by atoms with E-state index in [1.54, 1.807) is 0 Å². The summed E-state index contributed by atoms with van der Waals surface area (Å²) in [4.78, 5) is 0. The number of likely N-dealkylation sites (N-methyl/N-ethyl adjacent to an activating group) is 1. The second kappa shape index (κ2) is 31.2. The van der Waals surface area contributed by atoms with Gasteiger partial charge in [0.05, 0.1) is 79.3 Å². The number of rotatable bonds is 24. The molecule has 0 fully saturated rings. The first kappa shape index (κ1) is 25.6. The van der Waals surface area contributed by atoms with Gasteiger partial charge in [-0.05, 0) is 7.05 Å². The van der Waals surface area contributed by atoms with Gasteiger partial charge in [-0.3, -0.25) is 0 Å². The third-order valence-corrected chi connectivity index (χ3v) is 2.82. The van der Waals surface area contributed by atoms with Crippen LogP contribution in [0.2, 0.25) is 2.82 Å². The number of nitrogens with one attached hydrogen (secondary N) is 2. The molecule has 28 heavy (non-hydrogen) atoms. The Kier molecular flexibility index (Phi) is 28.5. The molecule has 0 aliphatic heterocycles. The molecule has 0 bridgehead atoms. The lowest BCUT2D eigenvalue weighted by molar-refractivity contribution is 0.0148. The van der Waals surface area contributed by atoms with Crippen LogP contribution in [0.25, 0.3) is 0 Å². The van der Waals surface area contributed by atoms with Gasteiger partial charge in [-0.15, -0.1) is 4.48 Å². The molecule has 0 unspecified atom stereocenters. The van der Waals surface area contributed by atoms with Crippen LogP contribution >= 0.6 is 0 Å². The van der Waals surface area contributed by atoms with Crippen LogP contribution in [-0.2, 0) is 28.4 Å². The quantitative estimate of drug-likeness (QED) is 0.110. The number of hydrogen-bond donors (Lipinski definition) is 4. The Labute approximate surface area is 171 Å². The first-order valence-corrected chi connectivity index (χ1v) is 9.57. The smallest absolute Gasteiger partial charge is 0.118 e. The van der Waals surface area contributed by atoms with Crippen LogP contribution in [-0.4, -0.2) is 113 Å². The van der Waals surface area contributed by atoms with Crippen molar-refractivity contribution >= 4 is 0 Å². The first-order valence-electron chi connectivity index (χ1n) is 10.6. The molecule has 0 saturated heterocycles. The maximum atomic E-state index is 11.4. The third kappa shape index (κ3) is 33.1. The van der Waals surface area contributed by atoms with E-state index in [-0.39, 0.29) is 6.54 Å². The van der Waals surface area contributed by atoms with E-state index < -0.39 is 0 Å². The van der Waals surface area contributed by atoms with Crippen molar-refractivity contribution in [3.05, 3.63) is 0 Å². The van der Waals surface area contributed by atoms with Gasteiger partial charge in [0.2, 0.25) is 0 Å². The van der Waals surface area contributed by atoms with Crippen molar-refractivity contribution in [2.45, 2.75) is 0 Å². The minimum Gasteiger partial charge on any atom is -0.378 e. The van der Waals surface area contributed by atoms with Gasteiger partial charge in [0.25, 0.3) is 0 Å².